The molecule has 0 aliphatic rings. The van der Waals surface area contributed by atoms with Gasteiger partial charge in [-0.1, -0.05) is 26.2 Å². The summed E-state index contributed by atoms with van der Waals surface area (Å²) in [6, 6.07) is -5.06. The average Bonchev–Trinajstić information content (AvgIpc) is 2.79. The van der Waals surface area contributed by atoms with Crippen LogP contribution in [-0.2, 0) is 37.9 Å². The van der Waals surface area contributed by atoms with Crippen molar-refractivity contribution in [3.8, 4) is 0 Å². The molecule has 0 aromatic rings. The lowest BCUT2D eigenvalue weighted by Crippen LogP contribution is -2.46. The van der Waals surface area contributed by atoms with Crippen molar-refractivity contribution in [3.63, 3.8) is 0 Å². The Labute approximate surface area is 212 Å². The van der Waals surface area contributed by atoms with E-state index in [1.54, 1.807) is 5.09 Å². The summed E-state index contributed by atoms with van der Waals surface area (Å²) >= 11 is 0. The van der Waals surface area contributed by atoms with E-state index in [9.17, 15) is 48.4 Å². The van der Waals surface area contributed by atoms with Crippen LogP contribution in [-0.4, -0.2) is 85.7 Å². The molecule has 212 valence electrons. The molecule has 0 bridgehead atoms. The molecule has 0 radical (unpaired) electrons. The lowest BCUT2D eigenvalue weighted by atomic mass is 10.1. The Bertz CT molecular complexity index is 866. The fourth-order valence-electron chi connectivity index (χ4n) is 2.87. The summed E-state index contributed by atoms with van der Waals surface area (Å²) in [6.45, 7) is 0.912. The van der Waals surface area contributed by atoms with E-state index < -0.39 is 87.4 Å². The highest BCUT2D eigenvalue weighted by atomic mass is 31.2. The van der Waals surface area contributed by atoms with Crippen molar-refractivity contribution in [1.82, 2.24) is 15.7 Å². The second-order valence-corrected chi connectivity index (χ2v) is 9.59. The van der Waals surface area contributed by atoms with Crippen LogP contribution in [0.5, 0.6) is 0 Å². The predicted octanol–water partition coefficient (Wildman–Crippen LogP) is -0.0996. The minimum atomic E-state index is -4.94. The molecule has 2 amide bonds. The Balaban J connectivity index is 4.86. The van der Waals surface area contributed by atoms with E-state index in [1.165, 1.54) is 0 Å². The number of carbonyl (C=O) groups is 6. The number of hydrogen-bond donors (Lipinski definition) is 8. The van der Waals surface area contributed by atoms with Gasteiger partial charge in [0, 0.05) is 19.3 Å². The molecule has 17 heteroatoms. The molecule has 4 atom stereocenters. The summed E-state index contributed by atoms with van der Waals surface area (Å²) < 4.78 is 16.6. The summed E-state index contributed by atoms with van der Waals surface area (Å²) in [5.41, 5.74) is 0. The minimum Gasteiger partial charge on any atom is -0.481 e. The number of unbranched alkanes of at least 4 members (excludes halogenated alkanes) is 3. The molecule has 0 fully saturated rings. The number of hydrogen-bond acceptors (Lipinski definition) is 8. The van der Waals surface area contributed by atoms with Gasteiger partial charge >= 0.3 is 31.6 Å². The average molecular weight is 555 g/mol. The van der Waals surface area contributed by atoms with E-state index >= 15 is 0 Å². The summed E-state index contributed by atoms with van der Waals surface area (Å²) in [5, 5.41) is 42.1. The number of rotatable bonds is 21. The van der Waals surface area contributed by atoms with Crippen molar-refractivity contribution in [1.29, 1.82) is 0 Å². The highest BCUT2D eigenvalue weighted by Crippen LogP contribution is 2.38. The SMILES string of the molecule is CCCCCCC(=O)N[C@@H](CCC(=O)N[C@@H](COP(=O)(O)N[C@@H](CCC(=O)O)C(=O)O)C(=O)O)C(=O)O. The topological polar surface area (TPSA) is 266 Å². The molecule has 0 aliphatic carbocycles. The second-order valence-electron chi connectivity index (χ2n) is 8.03. The Morgan fingerprint density at radius 1 is 0.730 bits per heavy atom. The molecule has 0 aliphatic heterocycles. The lowest BCUT2D eigenvalue weighted by molar-refractivity contribution is -0.144. The third kappa shape index (κ3) is 16.3. The van der Waals surface area contributed by atoms with Crippen LogP contribution in [0.15, 0.2) is 0 Å². The fourth-order valence-corrected chi connectivity index (χ4v) is 3.93. The van der Waals surface area contributed by atoms with Crippen LogP contribution in [0.3, 0.4) is 0 Å². The van der Waals surface area contributed by atoms with E-state index in [4.69, 9.17) is 10.2 Å². The van der Waals surface area contributed by atoms with Gasteiger partial charge < -0.3 is 36.0 Å². The van der Waals surface area contributed by atoms with Gasteiger partial charge in [-0.15, -0.1) is 0 Å². The summed E-state index contributed by atoms with van der Waals surface area (Å²) in [5.74, 6) is -7.53. The zero-order chi connectivity index (χ0) is 28.6. The first-order chi connectivity index (χ1) is 17.2. The summed E-state index contributed by atoms with van der Waals surface area (Å²) in [7, 11) is -4.94. The maximum atomic E-state index is 12.1. The first-order valence-electron chi connectivity index (χ1n) is 11.4. The molecular formula is C20H34N3O13P. The number of amides is 2. The normalized spacial score (nSPS) is 15.0. The zero-order valence-electron chi connectivity index (χ0n) is 20.3. The number of carboxylic acid groups (broad SMARTS) is 4. The summed E-state index contributed by atoms with van der Waals surface area (Å²) in [4.78, 5) is 78.3. The van der Waals surface area contributed by atoms with Gasteiger partial charge in [0.05, 0.1) is 6.61 Å². The first-order valence-corrected chi connectivity index (χ1v) is 13.0. The minimum absolute atomic E-state index is 0.114. The van der Waals surface area contributed by atoms with Gasteiger partial charge in [0.1, 0.15) is 12.1 Å². The van der Waals surface area contributed by atoms with Crippen LogP contribution >= 0.6 is 7.75 Å². The number of carbonyl (C=O) groups excluding carboxylic acids is 2. The van der Waals surface area contributed by atoms with Crippen LogP contribution in [0.2, 0.25) is 0 Å². The summed E-state index contributed by atoms with van der Waals surface area (Å²) in [6.07, 6.45) is 1.28. The highest BCUT2D eigenvalue weighted by molar-refractivity contribution is 7.50. The number of aliphatic carboxylic acids is 4. The number of nitrogens with one attached hydrogen (secondary N) is 3. The van der Waals surface area contributed by atoms with Gasteiger partial charge in [-0.05, 0) is 19.3 Å². The fraction of sp³-hybridized carbons (Fsp3) is 0.700. The van der Waals surface area contributed by atoms with Gasteiger partial charge in [0.2, 0.25) is 11.8 Å². The van der Waals surface area contributed by atoms with E-state index in [0.29, 0.717) is 6.42 Å². The van der Waals surface area contributed by atoms with Gasteiger partial charge in [-0.3, -0.25) is 23.7 Å². The van der Waals surface area contributed by atoms with E-state index in [1.807, 2.05) is 12.2 Å². The van der Waals surface area contributed by atoms with Crippen molar-refractivity contribution in [3.05, 3.63) is 0 Å². The molecule has 16 nitrogen and oxygen atoms in total. The number of carboxylic acids is 4. The van der Waals surface area contributed by atoms with E-state index in [2.05, 4.69) is 9.84 Å². The van der Waals surface area contributed by atoms with Gasteiger partial charge in [-0.2, -0.15) is 0 Å². The molecule has 37 heavy (non-hydrogen) atoms. The highest BCUT2D eigenvalue weighted by Gasteiger charge is 2.32. The molecule has 8 N–H and O–H groups in total. The molecule has 0 heterocycles. The maximum Gasteiger partial charge on any atom is 0.403 e. The van der Waals surface area contributed by atoms with Crippen molar-refractivity contribution >= 4 is 43.4 Å². The van der Waals surface area contributed by atoms with Crippen LogP contribution in [0.4, 0.5) is 0 Å². The van der Waals surface area contributed by atoms with Crippen molar-refractivity contribution < 1.29 is 63.2 Å². The monoisotopic (exact) mass is 555 g/mol. The standard InChI is InChI=1S/C20H34N3O13P/c1-2-3-4-5-6-15(24)21-12(18(28)29)7-9-16(25)22-14(20(32)33)11-36-37(34,35)23-13(19(30)31)8-10-17(26)27/h12-14H,2-11H2,1H3,(H,21,24)(H,22,25)(H,26,27)(H,28,29)(H,30,31)(H,32,33)(H2,23,34,35)/t12-,13-,14-/m0/s1. The van der Waals surface area contributed by atoms with E-state index in [-0.39, 0.29) is 12.8 Å². The molecular weight excluding hydrogens is 521 g/mol. The van der Waals surface area contributed by atoms with Crippen molar-refractivity contribution in [2.75, 3.05) is 6.61 Å². The van der Waals surface area contributed by atoms with Crippen molar-refractivity contribution in [2.45, 2.75) is 82.8 Å². The third-order valence-corrected chi connectivity index (χ3v) is 6.00. The zero-order valence-corrected chi connectivity index (χ0v) is 21.1. The van der Waals surface area contributed by atoms with Crippen LogP contribution < -0.4 is 15.7 Å². The second kappa shape index (κ2) is 17.4. The van der Waals surface area contributed by atoms with Crippen LogP contribution in [0.25, 0.3) is 0 Å². The third-order valence-electron chi connectivity index (χ3n) is 4.86. The molecule has 0 spiro atoms. The van der Waals surface area contributed by atoms with Gasteiger partial charge in [-0.25, -0.2) is 19.2 Å². The Morgan fingerprint density at radius 2 is 1.24 bits per heavy atom. The molecule has 0 aromatic heterocycles. The van der Waals surface area contributed by atoms with Crippen molar-refractivity contribution in [2.24, 2.45) is 0 Å². The van der Waals surface area contributed by atoms with Crippen LogP contribution in [0.1, 0.15) is 64.7 Å². The molecule has 0 aromatic carbocycles. The van der Waals surface area contributed by atoms with Crippen LogP contribution in [0, 0.1) is 0 Å². The maximum absolute atomic E-state index is 12.1. The molecule has 0 rings (SSSR count). The molecule has 1 unspecified atom stereocenters. The Kier molecular flexibility index (Phi) is 16.0. The smallest absolute Gasteiger partial charge is 0.403 e. The molecule has 0 saturated heterocycles. The Morgan fingerprint density at radius 3 is 1.76 bits per heavy atom. The first kappa shape index (κ1) is 33.9. The molecule has 0 saturated carbocycles. The van der Waals surface area contributed by atoms with Gasteiger partial charge in [0.25, 0.3) is 0 Å². The largest absolute Gasteiger partial charge is 0.481 e. The van der Waals surface area contributed by atoms with E-state index in [0.717, 1.165) is 19.3 Å². The van der Waals surface area contributed by atoms with Gasteiger partial charge in [0.15, 0.2) is 6.04 Å². The predicted molar refractivity (Wildman–Crippen MR) is 124 cm³/mol. The lowest BCUT2D eigenvalue weighted by Gasteiger charge is -2.21. The Hall–Kier alpha value is -3.07. The quantitative estimate of drug-likeness (QED) is 0.0679.